The first-order valence-electron chi connectivity index (χ1n) is 10.1. The maximum absolute atomic E-state index is 12.2. The van der Waals surface area contributed by atoms with Crippen molar-refractivity contribution in [2.45, 2.75) is 13.8 Å². The van der Waals surface area contributed by atoms with Crippen LogP contribution in [0.4, 0.5) is 5.69 Å². The highest BCUT2D eigenvalue weighted by Gasteiger charge is 2.09. The average Bonchev–Trinajstić information content (AvgIpc) is 2.80. The normalized spacial score (nSPS) is 10.7. The minimum absolute atomic E-state index is 0.173. The first-order valence-corrected chi connectivity index (χ1v) is 10.5. The van der Waals surface area contributed by atoms with Crippen LogP contribution < -0.4 is 20.2 Å². The number of hydrazone groups is 1. The van der Waals surface area contributed by atoms with Crippen molar-refractivity contribution >= 4 is 35.3 Å². The monoisotopic (exact) mass is 465 g/mol. The Morgan fingerprint density at radius 2 is 1.73 bits per heavy atom. The molecule has 0 radical (unpaired) electrons. The molecule has 0 aliphatic carbocycles. The molecule has 0 spiro atoms. The summed E-state index contributed by atoms with van der Waals surface area (Å²) in [6, 6.07) is 17.3. The molecule has 33 heavy (non-hydrogen) atoms. The molecule has 0 saturated carbocycles. The van der Waals surface area contributed by atoms with E-state index < -0.39 is 0 Å². The van der Waals surface area contributed by atoms with Crippen LogP contribution in [0.3, 0.4) is 0 Å². The Labute approximate surface area is 197 Å². The summed E-state index contributed by atoms with van der Waals surface area (Å²) in [7, 11) is 1.50. The molecule has 2 N–H and O–H groups in total. The minimum Gasteiger partial charge on any atom is -0.493 e. The second kappa shape index (κ2) is 11.2. The van der Waals surface area contributed by atoms with E-state index in [0.717, 1.165) is 11.1 Å². The number of benzene rings is 3. The molecular weight excluding hydrogens is 442 g/mol. The Balaban J connectivity index is 1.56. The smallest absolute Gasteiger partial charge is 0.271 e. The summed E-state index contributed by atoms with van der Waals surface area (Å²) in [6.45, 7) is 3.83. The van der Waals surface area contributed by atoms with Crippen LogP contribution in [0.2, 0.25) is 5.02 Å². The summed E-state index contributed by atoms with van der Waals surface area (Å²) >= 11 is 5.82. The molecule has 0 bridgehead atoms. The highest BCUT2D eigenvalue weighted by molar-refractivity contribution is 6.30. The molecule has 2 amide bonds. The number of carbonyl (C=O) groups is 2. The molecule has 0 saturated heterocycles. The molecule has 8 heteroatoms. The van der Waals surface area contributed by atoms with Gasteiger partial charge in [0, 0.05) is 16.3 Å². The predicted octanol–water partition coefficient (Wildman–Crippen LogP) is 4.75. The van der Waals surface area contributed by atoms with Crippen LogP contribution in [0.15, 0.2) is 65.8 Å². The van der Waals surface area contributed by atoms with Gasteiger partial charge in [-0.3, -0.25) is 9.59 Å². The number of nitrogens with one attached hydrogen (secondary N) is 2. The van der Waals surface area contributed by atoms with Crippen LogP contribution in [-0.2, 0) is 4.79 Å². The van der Waals surface area contributed by atoms with E-state index in [4.69, 9.17) is 21.1 Å². The molecule has 170 valence electrons. The molecule has 7 nitrogen and oxygen atoms in total. The van der Waals surface area contributed by atoms with E-state index in [0.29, 0.717) is 33.3 Å². The van der Waals surface area contributed by atoms with Gasteiger partial charge in [0.2, 0.25) is 0 Å². The van der Waals surface area contributed by atoms with E-state index in [1.54, 1.807) is 42.5 Å². The van der Waals surface area contributed by atoms with E-state index in [-0.39, 0.29) is 18.4 Å². The fourth-order valence-electron chi connectivity index (χ4n) is 2.87. The molecule has 0 aliphatic rings. The number of hydrogen-bond acceptors (Lipinski definition) is 5. The predicted molar refractivity (Wildman–Crippen MR) is 130 cm³/mol. The van der Waals surface area contributed by atoms with E-state index in [2.05, 4.69) is 15.8 Å². The maximum Gasteiger partial charge on any atom is 0.271 e. The number of carbonyl (C=O) groups excluding carboxylic acids is 2. The number of hydrogen-bond donors (Lipinski definition) is 2. The summed E-state index contributed by atoms with van der Waals surface area (Å²) in [4.78, 5) is 24.3. The van der Waals surface area contributed by atoms with Crippen molar-refractivity contribution in [3.63, 3.8) is 0 Å². The van der Waals surface area contributed by atoms with Crippen molar-refractivity contribution in [1.82, 2.24) is 5.43 Å². The largest absolute Gasteiger partial charge is 0.493 e. The Morgan fingerprint density at radius 3 is 2.42 bits per heavy atom. The average molecular weight is 466 g/mol. The molecule has 0 unspecified atom stereocenters. The molecule has 0 aliphatic heterocycles. The van der Waals surface area contributed by atoms with Crippen molar-refractivity contribution in [2.75, 3.05) is 19.0 Å². The van der Waals surface area contributed by atoms with Crippen LogP contribution in [0.1, 0.15) is 27.0 Å². The summed E-state index contributed by atoms with van der Waals surface area (Å²) in [6.07, 6.45) is 1.48. The number of anilines is 1. The van der Waals surface area contributed by atoms with Crippen LogP contribution >= 0.6 is 11.6 Å². The van der Waals surface area contributed by atoms with Crippen LogP contribution in [0.25, 0.3) is 0 Å². The third-order valence-corrected chi connectivity index (χ3v) is 5.08. The molecule has 0 aromatic heterocycles. The van der Waals surface area contributed by atoms with Crippen molar-refractivity contribution < 1.29 is 19.1 Å². The molecule has 0 fully saturated rings. The fourth-order valence-corrected chi connectivity index (χ4v) is 3.00. The van der Waals surface area contributed by atoms with Gasteiger partial charge in [0.05, 0.1) is 13.3 Å². The van der Waals surface area contributed by atoms with Gasteiger partial charge in [-0.25, -0.2) is 5.43 Å². The van der Waals surface area contributed by atoms with Crippen molar-refractivity contribution in [1.29, 1.82) is 0 Å². The van der Waals surface area contributed by atoms with Gasteiger partial charge in [0.1, 0.15) is 0 Å². The standard InChI is InChI=1S/C25H24ClN3O4/c1-16-4-10-21(12-17(16)2)28-24(30)15-33-22-11-5-18(13-23(22)32-3)14-27-29-25(31)19-6-8-20(26)9-7-19/h4-14H,15H2,1-3H3,(H,28,30)(H,29,31)/b27-14-. The third kappa shape index (κ3) is 6.82. The zero-order chi connectivity index (χ0) is 23.8. The van der Waals surface area contributed by atoms with Crippen LogP contribution in [0.5, 0.6) is 11.5 Å². The number of ether oxygens (including phenoxy) is 2. The maximum atomic E-state index is 12.2. The van der Waals surface area contributed by atoms with Gasteiger partial charge in [-0.2, -0.15) is 5.10 Å². The molecule has 3 aromatic rings. The zero-order valence-electron chi connectivity index (χ0n) is 18.5. The highest BCUT2D eigenvalue weighted by atomic mass is 35.5. The Bertz CT molecular complexity index is 1180. The van der Waals surface area contributed by atoms with E-state index in [1.165, 1.54) is 13.3 Å². The second-order valence-corrected chi connectivity index (χ2v) is 7.69. The summed E-state index contributed by atoms with van der Waals surface area (Å²) in [5.41, 5.74) is 6.53. The molecule has 0 atom stereocenters. The van der Waals surface area contributed by atoms with Gasteiger partial charge in [-0.15, -0.1) is 0 Å². The van der Waals surface area contributed by atoms with E-state index >= 15 is 0 Å². The number of aryl methyl sites for hydroxylation is 2. The van der Waals surface area contributed by atoms with Gasteiger partial charge in [-0.05, 0) is 85.1 Å². The Hall–Kier alpha value is -3.84. The number of halogens is 1. The first-order chi connectivity index (χ1) is 15.9. The SMILES string of the molecule is COc1cc(/C=N\NC(=O)c2ccc(Cl)cc2)ccc1OCC(=O)Nc1ccc(C)c(C)c1. The highest BCUT2D eigenvalue weighted by Crippen LogP contribution is 2.27. The lowest BCUT2D eigenvalue weighted by Gasteiger charge is -2.12. The lowest BCUT2D eigenvalue weighted by molar-refractivity contribution is -0.118. The summed E-state index contributed by atoms with van der Waals surface area (Å²) in [5.74, 6) is 0.206. The van der Waals surface area contributed by atoms with Crippen LogP contribution in [0, 0.1) is 13.8 Å². The van der Waals surface area contributed by atoms with Crippen molar-refractivity contribution in [3.8, 4) is 11.5 Å². The lowest BCUT2D eigenvalue weighted by Crippen LogP contribution is -2.20. The van der Waals surface area contributed by atoms with Gasteiger partial charge >= 0.3 is 0 Å². The first kappa shape index (κ1) is 23.8. The summed E-state index contributed by atoms with van der Waals surface area (Å²) < 4.78 is 11.0. The van der Waals surface area contributed by atoms with E-state index in [9.17, 15) is 9.59 Å². The van der Waals surface area contributed by atoms with Gasteiger partial charge < -0.3 is 14.8 Å². The fraction of sp³-hybridized carbons (Fsp3) is 0.160. The van der Waals surface area contributed by atoms with Gasteiger partial charge in [0.15, 0.2) is 18.1 Å². The topological polar surface area (TPSA) is 89.0 Å². The molecule has 0 heterocycles. The Kier molecular flexibility index (Phi) is 8.05. The van der Waals surface area contributed by atoms with E-state index in [1.807, 2.05) is 32.0 Å². The number of rotatable bonds is 8. The number of nitrogens with zero attached hydrogens (tertiary/aromatic N) is 1. The summed E-state index contributed by atoms with van der Waals surface area (Å²) in [5, 5.41) is 7.32. The van der Waals surface area contributed by atoms with Crippen molar-refractivity contribution in [2.24, 2.45) is 5.10 Å². The van der Waals surface area contributed by atoms with Crippen molar-refractivity contribution in [3.05, 3.63) is 87.9 Å². The van der Waals surface area contributed by atoms with Gasteiger partial charge in [-0.1, -0.05) is 17.7 Å². The quantitative estimate of drug-likeness (QED) is 0.371. The van der Waals surface area contributed by atoms with Gasteiger partial charge in [0.25, 0.3) is 11.8 Å². The Morgan fingerprint density at radius 1 is 0.970 bits per heavy atom. The number of methoxy groups -OCH3 is 1. The molecule has 3 aromatic carbocycles. The third-order valence-electron chi connectivity index (χ3n) is 4.82. The number of amides is 2. The minimum atomic E-state index is -0.357. The lowest BCUT2D eigenvalue weighted by atomic mass is 10.1. The zero-order valence-corrected chi connectivity index (χ0v) is 19.3. The molecular formula is C25H24ClN3O4. The van der Waals surface area contributed by atoms with Crippen LogP contribution in [-0.4, -0.2) is 31.7 Å². The second-order valence-electron chi connectivity index (χ2n) is 7.25. The molecule has 3 rings (SSSR count).